The first-order chi connectivity index (χ1) is 11.1. The number of aryl methyl sites for hydroxylation is 1. The number of likely N-dealkylation sites (tertiary alicyclic amines) is 1. The summed E-state index contributed by atoms with van der Waals surface area (Å²) in [5.41, 5.74) is 2.53. The molecule has 0 bridgehead atoms. The summed E-state index contributed by atoms with van der Waals surface area (Å²) >= 11 is 0. The summed E-state index contributed by atoms with van der Waals surface area (Å²) in [4.78, 5) is 7.36. The molecule has 6 heteroatoms. The minimum atomic E-state index is 0.326. The number of aliphatic hydroxyl groups is 1. The fraction of sp³-hybridized carbons (Fsp3) is 0.824. The van der Waals surface area contributed by atoms with Crippen LogP contribution in [0.1, 0.15) is 17.7 Å². The van der Waals surface area contributed by atoms with Crippen LogP contribution >= 0.6 is 0 Å². The normalized spacial score (nSPS) is 24.6. The smallest absolute Gasteiger partial charge is 0.0638 e. The predicted octanol–water partition coefficient (Wildman–Crippen LogP) is 0.253. The van der Waals surface area contributed by atoms with Gasteiger partial charge in [-0.25, -0.2) is 0 Å². The fourth-order valence-electron chi connectivity index (χ4n) is 3.58. The van der Waals surface area contributed by atoms with Gasteiger partial charge in [-0.15, -0.1) is 0 Å². The molecule has 0 radical (unpaired) electrons. The van der Waals surface area contributed by atoms with Crippen molar-refractivity contribution < 1.29 is 5.11 Å². The van der Waals surface area contributed by atoms with Gasteiger partial charge in [0.25, 0.3) is 0 Å². The van der Waals surface area contributed by atoms with Gasteiger partial charge in [0.1, 0.15) is 0 Å². The summed E-state index contributed by atoms with van der Waals surface area (Å²) in [5.74, 6) is 0.474. The Kier molecular flexibility index (Phi) is 5.69. The van der Waals surface area contributed by atoms with Crippen molar-refractivity contribution >= 4 is 0 Å². The summed E-state index contributed by atoms with van der Waals surface area (Å²) in [5, 5.41) is 13.9. The van der Waals surface area contributed by atoms with E-state index in [2.05, 4.69) is 39.5 Å². The standard InChI is InChI=1S/C17H31N5O/c1-15-17(12-21-7-5-19(2)6-8-21)13-22(18-15)10-9-20-4-3-16(11-20)14-23/h13,16,23H,3-12,14H2,1-2H3. The van der Waals surface area contributed by atoms with Gasteiger partial charge in [0.2, 0.25) is 0 Å². The third-order valence-electron chi connectivity index (χ3n) is 5.31. The third kappa shape index (κ3) is 4.53. The molecule has 0 saturated carbocycles. The minimum absolute atomic E-state index is 0.326. The molecule has 6 nitrogen and oxygen atoms in total. The Hall–Kier alpha value is -0.950. The molecule has 0 spiro atoms. The lowest BCUT2D eigenvalue weighted by atomic mass is 10.1. The SMILES string of the molecule is Cc1nn(CCN2CCC(CO)C2)cc1CN1CCN(C)CC1. The van der Waals surface area contributed by atoms with Gasteiger partial charge in [-0.1, -0.05) is 0 Å². The van der Waals surface area contributed by atoms with Crippen LogP contribution in [0.2, 0.25) is 0 Å². The third-order valence-corrected chi connectivity index (χ3v) is 5.31. The number of likely N-dealkylation sites (N-methyl/N-ethyl adjacent to an activating group) is 1. The molecule has 1 aromatic rings. The first-order valence-electron chi connectivity index (χ1n) is 8.91. The van der Waals surface area contributed by atoms with Crippen LogP contribution in [-0.4, -0.2) is 89.1 Å². The van der Waals surface area contributed by atoms with Gasteiger partial charge in [0.05, 0.1) is 12.2 Å². The zero-order valence-electron chi connectivity index (χ0n) is 14.6. The molecule has 2 aliphatic rings. The van der Waals surface area contributed by atoms with Crippen molar-refractivity contribution in [3.8, 4) is 0 Å². The van der Waals surface area contributed by atoms with Gasteiger partial charge in [-0.05, 0) is 32.9 Å². The Bertz CT molecular complexity index is 495. The van der Waals surface area contributed by atoms with Crippen LogP contribution in [0, 0.1) is 12.8 Å². The van der Waals surface area contributed by atoms with E-state index in [1.807, 2.05) is 0 Å². The Morgan fingerprint density at radius 2 is 1.91 bits per heavy atom. The van der Waals surface area contributed by atoms with Gasteiger partial charge < -0.3 is 14.9 Å². The van der Waals surface area contributed by atoms with E-state index in [0.29, 0.717) is 12.5 Å². The number of rotatable bonds is 6. The van der Waals surface area contributed by atoms with Crippen molar-refractivity contribution in [3.05, 3.63) is 17.5 Å². The topological polar surface area (TPSA) is 47.8 Å². The van der Waals surface area contributed by atoms with Crippen LogP contribution < -0.4 is 0 Å². The van der Waals surface area contributed by atoms with E-state index >= 15 is 0 Å². The molecule has 1 N–H and O–H groups in total. The summed E-state index contributed by atoms with van der Waals surface area (Å²) in [6, 6.07) is 0. The van der Waals surface area contributed by atoms with E-state index in [9.17, 15) is 5.11 Å². The highest BCUT2D eigenvalue weighted by Crippen LogP contribution is 2.16. The van der Waals surface area contributed by atoms with E-state index in [1.54, 1.807) is 0 Å². The van der Waals surface area contributed by atoms with Crippen molar-refractivity contribution in [1.82, 2.24) is 24.5 Å². The Balaban J connectivity index is 1.48. The van der Waals surface area contributed by atoms with Crippen molar-refractivity contribution in [2.75, 3.05) is 59.5 Å². The molecular weight excluding hydrogens is 290 g/mol. The van der Waals surface area contributed by atoms with E-state index < -0.39 is 0 Å². The average Bonchev–Trinajstić information content (AvgIpc) is 3.14. The molecule has 1 atom stereocenters. The average molecular weight is 321 g/mol. The van der Waals surface area contributed by atoms with Crippen molar-refractivity contribution in [2.24, 2.45) is 5.92 Å². The van der Waals surface area contributed by atoms with Crippen molar-refractivity contribution in [1.29, 1.82) is 0 Å². The number of hydrogen-bond acceptors (Lipinski definition) is 5. The highest BCUT2D eigenvalue weighted by Gasteiger charge is 2.21. The maximum absolute atomic E-state index is 9.23. The van der Waals surface area contributed by atoms with Crippen molar-refractivity contribution in [3.63, 3.8) is 0 Å². The molecule has 2 aliphatic heterocycles. The van der Waals surface area contributed by atoms with E-state index in [-0.39, 0.29) is 0 Å². The predicted molar refractivity (Wildman–Crippen MR) is 91.4 cm³/mol. The second kappa shape index (κ2) is 7.75. The lowest BCUT2D eigenvalue weighted by Crippen LogP contribution is -2.43. The highest BCUT2D eigenvalue weighted by atomic mass is 16.3. The number of hydrogen-bond donors (Lipinski definition) is 1. The minimum Gasteiger partial charge on any atom is -0.396 e. The Labute approximate surface area is 139 Å². The number of aromatic nitrogens is 2. The van der Waals surface area contributed by atoms with E-state index in [1.165, 1.54) is 11.3 Å². The van der Waals surface area contributed by atoms with Crippen LogP contribution in [0.5, 0.6) is 0 Å². The van der Waals surface area contributed by atoms with Crippen LogP contribution in [0.25, 0.3) is 0 Å². The van der Waals surface area contributed by atoms with Gasteiger partial charge in [0, 0.05) is 64.2 Å². The summed E-state index contributed by atoms with van der Waals surface area (Å²) in [7, 11) is 2.19. The quantitative estimate of drug-likeness (QED) is 0.814. The number of nitrogens with zero attached hydrogens (tertiary/aromatic N) is 5. The van der Waals surface area contributed by atoms with Gasteiger partial charge in [0.15, 0.2) is 0 Å². The van der Waals surface area contributed by atoms with Gasteiger partial charge >= 0.3 is 0 Å². The van der Waals surface area contributed by atoms with Gasteiger partial charge in [-0.3, -0.25) is 9.58 Å². The molecule has 2 saturated heterocycles. The molecule has 0 amide bonds. The molecule has 2 fully saturated rings. The molecule has 3 heterocycles. The first-order valence-corrected chi connectivity index (χ1v) is 8.91. The zero-order valence-corrected chi connectivity index (χ0v) is 14.6. The lowest BCUT2D eigenvalue weighted by molar-refractivity contribution is 0.148. The van der Waals surface area contributed by atoms with E-state index in [4.69, 9.17) is 5.10 Å². The second-order valence-corrected chi connectivity index (χ2v) is 7.22. The van der Waals surface area contributed by atoms with Crippen molar-refractivity contribution in [2.45, 2.75) is 26.4 Å². The number of piperazine rings is 1. The lowest BCUT2D eigenvalue weighted by Gasteiger charge is -2.32. The molecule has 23 heavy (non-hydrogen) atoms. The molecule has 1 unspecified atom stereocenters. The van der Waals surface area contributed by atoms with Gasteiger partial charge in [-0.2, -0.15) is 5.10 Å². The largest absolute Gasteiger partial charge is 0.396 e. The van der Waals surface area contributed by atoms with E-state index in [0.717, 1.165) is 65.3 Å². The molecule has 3 rings (SSSR count). The van der Waals surface area contributed by atoms with Crippen LogP contribution in [0.15, 0.2) is 6.20 Å². The second-order valence-electron chi connectivity index (χ2n) is 7.22. The highest BCUT2D eigenvalue weighted by molar-refractivity contribution is 5.15. The summed E-state index contributed by atoms with van der Waals surface area (Å²) < 4.78 is 2.10. The number of aliphatic hydroxyl groups excluding tert-OH is 1. The maximum atomic E-state index is 9.23. The van der Waals surface area contributed by atoms with Crippen LogP contribution in [-0.2, 0) is 13.1 Å². The van der Waals surface area contributed by atoms with Crippen LogP contribution in [0.4, 0.5) is 0 Å². The zero-order chi connectivity index (χ0) is 16.2. The van der Waals surface area contributed by atoms with Crippen LogP contribution in [0.3, 0.4) is 0 Å². The Morgan fingerprint density at radius 3 is 2.61 bits per heavy atom. The maximum Gasteiger partial charge on any atom is 0.0638 e. The monoisotopic (exact) mass is 321 g/mol. The molecule has 1 aromatic heterocycles. The molecule has 0 aliphatic carbocycles. The fourth-order valence-corrected chi connectivity index (χ4v) is 3.58. The summed E-state index contributed by atoms with van der Waals surface area (Å²) in [6.07, 6.45) is 3.36. The Morgan fingerprint density at radius 1 is 1.13 bits per heavy atom. The molecule has 0 aromatic carbocycles. The first kappa shape index (κ1) is 16.9. The molecule has 130 valence electrons. The summed E-state index contributed by atoms with van der Waals surface area (Å²) in [6.45, 7) is 12.2. The molecular formula is C17H31N5O.